The van der Waals surface area contributed by atoms with E-state index in [9.17, 15) is 9.59 Å². The van der Waals surface area contributed by atoms with E-state index in [-0.39, 0.29) is 11.7 Å². The molecule has 24 heavy (non-hydrogen) atoms. The predicted molar refractivity (Wildman–Crippen MR) is 92.3 cm³/mol. The highest BCUT2D eigenvalue weighted by atomic mass is 16.5. The standard InChI is InChI=1S/C18H17N3O3/c1-11-10-16(21-18(23)19-11)20-17(22)12(2)24-15-9-5-7-13-6-3-4-8-14(13)15/h3-10,12H,1-2H3,(H2,19,20,21,22,23)/t12-/m1/s1. The van der Waals surface area contributed by atoms with Crippen molar-refractivity contribution in [1.29, 1.82) is 0 Å². The van der Waals surface area contributed by atoms with Crippen LogP contribution in [-0.2, 0) is 4.79 Å². The van der Waals surface area contributed by atoms with Crippen LogP contribution in [0.2, 0.25) is 0 Å². The van der Waals surface area contributed by atoms with Gasteiger partial charge in [0, 0.05) is 17.1 Å². The average Bonchev–Trinajstić information content (AvgIpc) is 2.54. The second-order valence-electron chi connectivity index (χ2n) is 5.48. The number of fused-ring (bicyclic) bond motifs is 1. The zero-order chi connectivity index (χ0) is 17.1. The van der Waals surface area contributed by atoms with Gasteiger partial charge in [0.2, 0.25) is 0 Å². The van der Waals surface area contributed by atoms with Crippen LogP contribution in [0.5, 0.6) is 5.75 Å². The third kappa shape index (κ3) is 3.43. The molecule has 0 bridgehead atoms. The number of ether oxygens (including phenoxy) is 1. The molecule has 0 saturated heterocycles. The van der Waals surface area contributed by atoms with E-state index in [1.54, 1.807) is 19.9 Å². The van der Waals surface area contributed by atoms with E-state index in [0.29, 0.717) is 11.4 Å². The van der Waals surface area contributed by atoms with Crippen molar-refractivity contribution in [1.82, 2.24) is 9.97 Å². The van der Waals surface area contributed by atoms with Crippen LogP contribution >= 0.6 is 0 Å². The molecule has 1 heterocycles. The van der Waals surface area contributed by atoms with E-state index in [0.717, 1.165) is 10.8 Å². The number of rotatable bonds is 4. The minimum absolute atomic E-state index is 0.203. The first kappa shape index (κ1) is 15.7. The van der Waals surface area contributed by atoms with E-state index in [2.05, 4.69) is 15.3 Å². The summed E-state index contributed by atoms with van der Waals surface area (Å²) in [6.45, 7) is 3.37. The molecule has 0 unspecified atom stereocenters. The van der Waals surface area contributed by atoms with Gasteiger partial charge in [-0.1, -0.05) is 36.4 Å². The van der Waals surface area contributed by atoms with Crippen molar-refractivity contribution in [2.75, 3.05) is 5.32 Å². The van der Waals surface area contributed by atoms with Crippen molar-refractivity contribution in [2.24, 2.45) is 0 Å². The average molecular weight is 323 g/mol. The number of carbonyl (C=O) groups excluding carboxylic acids is 1. The van der Waals surface area contributed by atoms with Gasteiger partial charge in [0.05, 0.1) is 0 Å². The first-order chi connectivity index (χ1) is 11.5. The first-order valence-electron chi connectivity index (χ1n) is 7.56. The van der Waals surface area contributed by atoms with Crippen molar-refractivity contribution < 1.29 is 9.53 Å². The molecule has 2 N–H and O–H groups in total. The van der Waals surface area contributed by atoms with E-state index < -0.39 is 11.8 Å². The second kappa shape index (κ2) is 6.54. The first-order valence-corrected chi connectivity index (χ1v) is 7.56. The molecule has 2 aromatic carbocycles. The van der Waals surface area contributed by atoms with Gasteiger partial charge in [0.1, 0.15) is 11.6 Å². The summed E-state index contributed by atoms with van der Waals surface area (Å²) in [6.07, 6.45) is -0.739. The quantitative estimate of drug-likeness (QED) is 0.773. The number of carbonyl (C=O) groups is 1. The lowest BCUT2D eigenvalue weighted by atomic mass is 10.1. The Kier molecular flexibility index (Phi) is 4.29. The van der Waals surface area contributed by atoms with Crippen LogP contribution < -0.4 is 15.7 Å². The molecule has 1 atom stereocenters. The van der Waals surface area contributed by atoms with Crippen molar-refractivity contribution in [3.05, 3.63) is 64.7 Å². The van der Waals surface area contributed by atoms with Gasteiger partial charge in [0.25, 0.3) is 5.91 Å². The molecule has 6 heteroatoms. The summed E-state index contributed by atoms with van der Waals surface area (Å²) in [5.74, 6) is 0.459. The molecule has 0 fully saturated rings. The van der Waals surface area contributed by atoms with Crippen LogP contribution in [0.4, 0.5) is 5.82 Å². The van der Waals surface area contributed by atoms with Crippen molar-refractivity contribution in [3.8, 4) is 5.75 Å². The lowest BCUT2D eigenvalue weighted by Gasteiger charge is -2.16. The maximum atomic E-state index is 12.3. The minimum atomic E-state index is -0.739. The lowest BCUT2D eigenvalue weighted by molar-refractivity contribution is -0.122. The van der Waals surface area contributed by atoms with Gasteiger partial charge in [0.15, 0.2) is 6.10 Å². The van der Waals surface area contributed by atoms with Crippen LogP contribution in [0.1, 0.15) is 12.6 Å². The maximum absolute atomic E-state index is 12.3. The summed E-state index contributed by atoms with van der Waals surface area (Å²) in [6, 6.07) is 15.1. The topological polar surface area (TPSA) is 84.1 Å². The monoisotopic (exact) mass is 323 g/mol. The molecule has 0 aliphatic rings. The summed E-state index contributed by atoms with van der Waals surface area (Å²) < 4.78 is 5.80. The SMILES string of the molecule is Cc1cc(NC(=O)[C@@H](C)Oc2cccc3ccccc23)nc(=O)[nH]1. The van der Waals surface area contributed by atoms with Crippen molar-refractivity contribution in [2.45, 2.75) is 20.0 Å². The van der Waals surface area contributed by atoms with Crippen LogP contribution in [0, 0.1) is 6.92 Å². The fourth-order valence-electron chi connectivity index (χ4n) is 2.41. The molecule has 3 rings (SSSR count). The Morgan fingerprint density at radius 2 is 1.96 bits per heavy atom. The van der Waals surface area contributed by atoms with E-state index in [1.807, 2.05) is 42.5 Å². The number of amides is 1. The molecular formula is C18H17N3O3. The molecule has 0 saturated carbocycles. The highest BCUT2D eigenvalue weighted by Crippen LogP contribution is 2.26. The molecule has 1 amide bonds. The molecule has 0 aliphatic heterocycles. The van der Waals surface area contributed by atoms with Gasteiger partial charge in [-0.05, 0) is 25.3 Å². The van der Waals surface area contributed by atoms with Crippen molar-refractivity contribution in [3.63, 3.8) is 0 Å². The summed E-state index contributed by atoms with van der Waals surface area (Å²) in [4.78, 5) is 29.9. The number of hydrogen-bond donors (Lipinski definition) is 2. The largest absolute Gasteiger partial charge is 0.480 e. The number of benzene rings is 2. The van der Waals surface area contributed by atoms with E-state index in [1.165, 1.54) is 0 Å². The molecule has 1 aromatic heterocycles. The van der Waals surface area contributed by atoms with Crippen LogP contribution in [0.15, 0.2) is 53.3 Å². The fraction of sp³-hybridized carbons (Fsp3) is 0.167. The Morgan fingerprint density at radius 1 is 1.21 bits per heavy atom. The van der Waals surface area contributed by atoms with Crippen LogP contribution in [0.3, 0.4) is 0 Å². The van der Waals surface area contributed by atoms with E-state index >= 15 is 0 Å². The summed E-state index contributed by atoms with van der Waals surface area (Å²) >= 11 is 0. The number of anilines is 1. The molecular weight excluding hydrogens is 306 g/mol. The Hall–Kier alpha value is -3.15. The number of H-pyrrole nitrogens is 1. The second-order valence-corrected chi connectivity index (χ2v) is 5.48. The lowest BCUT2D eigenvalue weighted by Crippen LogP contribution is -2.31. The normalized spacial score (nSPS) is 11.9. The van der Waals surface area contributed by atoms with Crippen molar-refractivity contribution >= 4 is 22.5 Å². The van der Waals surface area contributed by atoms with Gasteiger partial charge in [-0.2, -0.15) is 4.98 Å². The molecule has 0 spiro atoms. The van der Waals surface area contributed by atoms with Gasteiger partial charge >= 0.3 is 5.69 Å². The molecule has 0 radical (unpaired) electrons. The molecule has 6 nitrogen and oxygen atoms in total. The smallest absolute Gasteiger partial charge is 0.347 e. The predicted octanol–water partition coefficient (Wildman–Crippen LogP) is 2.64. The molecule has 0 aliphatic carbocycles. The number of hydrogen-bond acceptors (Lipinski definition) is 4. The zero-order valence-electron chi connectivity index (χ0n) is 13.4. The Balaban J connectivity index is 1.77. The summed E-state index contributed by atoms with van der Waals surface area (Å²) in [5.41, 5.74) is 0.112. The number of nitrogens with zero attached hydrogens (tertiary/aromatic N) is 1. The third-order valence-electron chi connectivity index (χ3n) is 3.55. The zero-order valence-corrected chi connectivity index (χ0v) is 13.4. The van der Waals surface area contributed by atoms with Gasteiger partial charge in [-0.25, -0.2) is 4.79 Å². The number of aromatic amines is 1. The van der Waals surface area contributed by atoms with Gasteiger partial charge in [-0.15, -0.1) is 0 Å². The molecule has 3 aromatic rings. The highest BCUT2D eigenvalue weighted by molar-refractivity contribution is 5.94. The van der Waals surface area contributed by atoms with Gasteiger partial charge < -0.3 is 15.0 Å². The van der Waals surface area contributed by atoms with Crippen LogP contribution in [0.25, 0.3) is 10.8 Å². The summed E-state index contributed by atoms with van der Waals surface area (Å²) in [5, 5.41) is 4.57. The Morgan fingerprint density at radius 3 is 2.75 bits per heavy atom. The minimum Gasteiger partial charge on any atom is -0.480 e. The maximum Gasteiger partial charge on any atom is 0.347 e. The number of nitrogens with one attached hydrogen (secondary N) is 2. The fourth-order valence-corrected chi connectivity index (χ4v) is 2.41. The Bertz CT molecular complexity index is 944. The van der Waals surface area contributed by atoms with Gasteiger partial charge in [-0.3, -0.25) is 4.79 Å². The number of aryl methyl sites for hydroxylation is 1. The summed E-state index contributed by atoms with van der Waals surface area (Å²) in [7, 11) is 0. The van der Waals surface area contributed by atoms with Crippen LogP contribution in [-0.4, -0.2) is 22.0 Å². The van der Waals surface area contributed by atoms with E-state index in [4.69, 9.17) is 4.74 Å². The number of aromatic nitrogens is 2. The molecule has 122 valence electrons. The Labute approximate surface area is 138 Å². The third-order valence-corrected chi connectivity index (χ3v) is 3.55. The highest BCUT2D eigenvalue weighted by Gasteiger charge is 2.17.